The minimum atomic E-state index is -1.30. The summed E-state index contributed by atoms with van der Waals surface area (Å²) >= 11 is 0. The number of hydrogen-bond acceptors (Lipinski definition) is 11. The van der Waals surface area contributed by atoms with Gasteiger partial charge in [0.05, 0.1) is 6.61 Å². The molecule has 1 aromatic rings. The molecular formula is C15H15N5O7. The molecule has 0 saturated carbocycles. The molecule has 2 heterocycles. The van der Waals surface area contributed by atoms with Crippen LogP contribution in [0.2, 0.25) is 0 Å². The standard InChI is InChI=1S/C15H15N5O7/c1-7(21)25-12-6-24-15(20-18-10(4-16)11(5-17)19-20)14(27-9(3)23)13(12)26-8(2)22/h12-15H,6H2,1-3H3/t12-,13-,14-,15-/m1/s1. The van der Waals surface area contributed by atoms with E-state index in [1.807, 2.05) is 0 Å². The van der Waals surface area contributed by atoms with Crippen molar-refractivity contribution >= 4 is 17.9 Å². The molecule has 0 unspecified atom stereocenters. The van der Waals surface area contributed by atoms with E-state index in [1.165, 1.54) is 0 Å². The highest BCUT2D eigenvalue weighted by atomic mass is 16.6. The third kappa shape index (κ3) is 4.56. The predicted octanol–water partition coefficient (Wildman–Crippen LogP) is -0.655. The minimum absolute atomic E-state index is 0.231. The van der Waals surface area contributed by atoms with E-state index in [0.29, 0.717) is 0 Å². The average molecular weight is 377 g/mol. The van der Waals surface area contributed by atoms with Crippen LogP contribution in [0.4, 0.5) is 0 Å². The molecule has 0 amide bonds. The van der Waals surface area contributed by atoms with Crippen molar-refractivity contribution in [2.24, 2.45) is 0 Å². The van der Waals surface area contributed by atoms with E-state index in [9.17, 15) is 14.4 Å². The number of esters is 3. The number of rotatable bonds is 4. The zero-order valence-corrected chi connectivity index (χ0v) is 14.6. The van der Waals surface area contributed by atoms with E-state index in [0.717, 1.165) is 25.6 Å². The van der Waals surface area contributed by atoms with Crippen LogP contribution in [0.5, 0.6) is 0 Å². The van der Waals surface area contributed by atoms with Crippen molar-refractivity contribution in [2.45, 2.75) is 45.3 Å². The molecule has 4 atom stereocenters. The monoisotopic (exact) mass is 377 g/mol. The third-order valence-corrected chi connectivity index (χ3v) is 3.39. The molecule has 1 aromatic heterocycles. The summed E-state index contributed by atoms with van der Waals surface area (Å²) in [6.07, 6.45) is -4.78. The van der Waals surface area contributed by atoms with Crippen LogP contribution in [0.25, 0.3) is 0 Å². The largest absolute Gasteiger partial charge is 0.456 e. The minimum Gasteiger partial charge on any atom is -0.456 e. The van der Waals surface area contributed by atoms with E-state index in [-0.39, 0.29) is 18.0 Å². The summed E-state index contributed by atoms with van der Waals surface area (Å²) in [7, 11) is 0. The van der Waals surface area contributed by atoms with Gasteiger partial charge in [0.15, 0.2) is 18.3 Å². The molecule has 0 bridgehead atoms. The van der Waals surface area contributed by atoms with Crippen LogP contribution in [0.1, 0.15) is 38.4 Å². The second-order valence-electron chi connectivity index (χ2n) is 5.46. The lowest BCUT2D eigenvalue weighted by molar-refractivity contribution is -0.243. The van der Waals surface area contributed by atoms with E-state index in [1.54, 1.807) is 12.1 Å². The fourth-order valence-electron chi connectivity index (χ4n) is 2.51. The number of nitriles is 2. The van der Waals surface area contributed by atoms with E-state index in [2.05, 4.69) is 10.2 Å². The van der Waals surface area contributed by atoms with Crippen LogP contribution in [0, 0.1) is 22.7 Å². The number of carbonyl (C=O) groups is 3. The Morgan fingerprint density at radius 2 is 1.44 bits per heavy atom. The molecule has 0 radical (unpaired) electrons. The zero-order chi connectivity index (χ0) is 20.1. The molecule has 1 aliphatic rings. The van der Waals surface area contributed by atoms with E-state index >= 15 is 0 Å². The molecule has 0 spiro atoms. The van der Waals surface area contributed by atoms with Crippen molar-refractivity contribution in [1.29, 1.82) is 10.5 Å². The fourth-order valence-corrected chi connectivity index (χ4v) is 2.51. The number of hydrogen-bond donors (Lipinski definition) is 0. The van der Waals surface area contributed by atoms with Crippen LogP contribution in [0.3, 0.4) is 0 Å². The first-order valence-corrected chi connectivity index (χ1v) is 7.67. The maximum absolute atomic E-state index is 11.6. The van der Waals surface area contributed by atoms with E-state index in [4.69, 9.17) is 29.5 Å². The molecule has 27 heavy (non-hydrogen) atoms. The summed E-state index contributed by atoms with van der Waals surface area (Å²) in [5.41, 5.74) is -0.511. The van der Waals surface area contributed by atoms with Crippen LogP contribution >= 0.6 is 0 Å². The Kier molecular flexibility index (Phi) is 6.05. The van der Waals surface area contributed by atoms with Crippen molar-refractivity contribution in [3.8, 4) is 12.1 Å². The SMILES string of the molecule is CC(=O)O[C@@H]1[C@H](OC(C)=O)[C@H](OC(C)=O)CO[C@H]1n1nc(C#N)c(C#N)n1. The van der Waals surface area contributed by atoms with Gasteiger partial charge in [-0.25, -0.2) is 0 Å². The number of nitrogens with zero attached hydrogens (tertiary/aromatic N) is 5. The van der Waals surface area contributed by atoms with Gasteiger partial charge in [0.1, 0.15) is 12.1 Å². The topological polar surface area (TPSA) is 166 Å². The van der Waals surface area contributed by atoms with Gasteiger partial charge in [-0.1, -0.05) is 0 Å². The summed E-state index contributed by atoms with van der Waals surface area (Å²) in [6, 6.07) is 3.41. The molecular weight excluding hydrogens is 362 g/mol. The lowest BCUT2D eigenvalue weighted by Gasteiger charge is -2.39. The quantitative estimate of drug-likeness (QED) is 0.483. The Morgan fingerprint density at radius 1 is 0.963 bits per heavy atom. The smallest absolute Gasteiger partial charge is 0.303 e. The van der Waals surface area contributed by atoms with Gasteiger partial charge < -0.3 is 18.9 Å². The Morgan fingerprint density at radius 3 is 1.89 bits per heavy atom. The van der Waals surface area contributed by atoms with Gasteiger partial charge >= 0.3 is 17.9 Å². The molecule has 1 fully saturated rings. The molecule has 142 valence electrons. The Labute approximate surface area is 153 Å². The maximum Gasteiger partial charge on any atom is 0.303 e. The first-order valence-electron chi connectivity index (χ1n) is 7.67. The van der Waals surface area contributed by atoms with Crippen molar-refractivity contribution < 1.29 is 33.3 Å². The molecule has 12 nitrogen and oxygen atoms in total. The maximum atomic E-state index is 11.6. The molecule has 12 heteroatoms. The van der Waals surface area contributed by atoms with Gasteiger partial charge in [0, 0.05) is 20.8 Å². The van der Waals surface area contributed by atoms with Crippen molar-refractivity contribution in [2.75, 3.05) is 6.61 Å². The van der Waals surface area contributed by atoms with Crippen LogP contribution in [0.15, 0.2) is 0 Å². The number of carbonyl (C=O) groups excluding carboxylic acids is 3. The lowest BCUT2D eigenvalue weighted by Crippen LogP contribution is -2.55. The van der Waals surface area contributed by atoms with Crippen molar-refractivity contribution in [3.05, 3.63) is 11.4 Å². The van der Waals surface area contributed by atoms with E-state index < -0.39 is 42.4 Å². The van der Waals surface area contributed by atoms with Crippen LogP contribution < -0.4 is 0 Å². The molecule has 0 aliphatic carbocycles. The normalized spacial score (nSPS) is 24.2. The van der Waals surface area contributed by atoms with Gasteiger partial charge in [-0.2, -0.15) is 10.5 Å². The fraction of sp³-hybridized carbons (Fsp3) is 0.533. The Hall–Kier alpha value is -3.51. The van der Waals surface area contributed by atoms with Gasteiger partial charge in [-0.15, -0.1) is 15.0 Å². The molecule has 0 N–H and O–H groups in total. The van der Waals surface area contributed by atoms with Gasteiger partial charge in [-0.3, -0.25) is 14.4 Å². The Balaban J connectivity index is 2.44. The summed E-state index contributed by atoms with van der Waals surface area (Å²) in [6.45, 7) is 3.18. The van der Waals surface area contributed by atoms with Crippen LogP contribution in [-0.2, 0) is 33.3 Å². The summed E-state index contributed by atoms with van der Waals surface area (Å²) in [4.78, 5) is 35.3. The first kappa shape index (κ1) is 19.8. The van der Waals surface area contributed by atoms with Gasteiger partial charge in [-0.05, 0) is 0 Å². The second-order valence-corrected chi connectivity index (χ2v) is 5.46. The van der Waals surface area contributed by atoms with Gasteiger partial charge in [0.2, 0.25) is 17.6 Å². The zero-order valence-electron chi connectivity index (χ0n) is 14.6. The number of aromatic nitrogens is 3. The average Bonchev–Trinajstić information content (AvgIpc) is 2.99. The second kappa shape index (κ2) is 8.25. The highest BCUT2D eigenvalue weighted by Gasteiger charge is 2.48. The lowest BCUT2D eigenvalue weighted by atomic mass is 10.0. The highest BCUT2D eigenvalue weighted by Crippen LogP contribution is 2.30. The Bertz CT molecular complexity index is 805. The summed E-state index contributed by atoms with van der Waals surface area (Å²) < 4.78 is 21.0. The molecule has 2 rings (SSSR count). The molecule has 1 saturated heterocycles. The van der Waals surface area contributed by atoms with Gasteiger partial charge in [0.25, 0.3) is 0 Å². The summed E-state index contributed by atoms with van der Waals surface area (Å²) in [5, 5.41) is 25.7. The molecule has 0 aromatic carbocycles. The number of ether oxygens (including phenoxy) is 4. The third-order valence-electron chi connectivity index (χ3n) is 3.39. The predicted molar refractivity (Wildman–Crippen MR) is 81.1 cm³/mol. The highest BCUT2D eigenvalue weighted by molar-refractivity contribution is 5.68. The molecule has 1 aliphatic heterocycles. The first-order chi connectivity index (χ1) is 12.8. The summed E-state index contributed by atoms with van der Waals surface area (Å²) in [5.74, 6) is -2.10. The van der Waals surface area contributed by atoms with Crippen LogP contribution in [-0.4, -0.2) is 57.8 Å². The van der Waals surface area contributed by atoms with Crippen molar-refractivity contribution in [3.63, 3.8) is 0 Å². The van der Waals surface area contributed by atoms with Crippen molar-refractivity contribution in [1.82, 2.24) is 15.0 Å².